The molecule has 0 aromatic heterocycles. The van der Waals surface area contributed by atoms with Crippen LogP contribution in [0.4, 0.5) is 5.69 Å². The molecule has 4 bridgehead atoms. The summed E-state index contributed by atoms with van der Waals surface area (Å²) in [6.07, 6.45) is 6.51. The van der Waals surface area contributed by atoms with Crippen LogP contribution in [-0.2, 0) is 9.59 Å². The molecular weight excluding hydrogens is 490 g/mol. The number of carbonyl (C=O) groups excluding carboxylic acids is 2. The largest absolute Gasteiger partial charge is 0.368 e. The van der Waals surface area contributed by atoms with Gasteiger partial charge in [-0.3, -0.25) is 9.59 Å². The number of amides is 2. The number of anilines is 1. The van der Waals surface area contributed by atoms with Crippen molar-refractivity contribution in [3.05, 3.63) is 29.3 Å². The van der Waals surface area contributed by atoms with Gasteiger partial charge in [-0.05, 0) is 82.4 Å². The highest BCUT2D eigenvalue weighted by Gasteiger charge is 2.60. The predicted octanol–water partition coefficient (Wildman–Crippen LogP) is 4.62. The Balaban J connectivity index is 1.22. The number of alkyl halides is 1. The molecule has 5 fully saturated rings. The van der Waals surface area contributed by atoms with Crippen LogP contribution in [-0.4, -0.2) is 52.8 Å². The Morgan fingerprint density at radius 2 is 1.75 bits per heavy atom. The lowest BCUT2D eigenvalue weighted by atomic mass is 9.49. The maximum Gasteiger partial charge on any atom is 0.247 e. The number of hydrogen-bond acceptors (Lipinski definition) is 3. The molecule has 2 amide bonds. The quantitative estimate of drug-likeness (QED) is 0.587. The van der Waals surface area contributed by atoms with Crippen LogP contribution in [0, 0.1) is 17.3 Å². The second kappa shape index (κ2) is 7.90. The number of halogens is 2. The molecule has 4 aliphatic carbocycles. The second-order valence-electron chi connectivity index (χ2n) is 11.2. The van der Waals surface area contributed by atoms with E-state index in [1.54, 1.807) is 0 Å². The minimum atomic E-state index is -0.905. The molecule has 5 aliphatic rings. The van der Waals surface area contributed by atoms with Gasteiger partial charge in [-0.1, -0.05) is 33.6 Å². The van der Waals surface area contributed by atoms with Gasteiger partial charge in [0.15, 0.2) is 0 Å². The van der Waals surface area contributed by atoms with Gasteiger partial charge in [0.05, 0.1) is 5.41 Å². The topological polar surface area (TPSA) is 52.7 Å². The molecular formula is C25H33BrClN3O2. The highest BCUT2D eigenvalue weighted by molar-refractivity contribution is 9.10. The first-order valence-electron chi connectivity index (χ1n) is 11.9. The normalized spacial score (nSPS) is 34.0. The number of nitrogens with zero attached hydrogens (tertiary/aromatic N) is 2. The number of carbonyl (C=O) groups is 2. The Morgan fingerprint density at radius 3 is 2.34 bits per heavy atom. The number of rotatable bonds is 4. The van der Waals surface area contributed by atoms with Gasteiger partial charge in [0.2, 0.25) is 11.8 Å². The molecule has 1 aromatic rings. The Bertz CT molecular complexity index is 914. The van der Waals surface area contributed by atoms with Gasteiger partial charge in [-0.2, -0.15) is 0 Å². The maximum atomic E-state index is 13.6. The van der Waals surface area contributed by atoms with Crippen LogP contribution in [0.5, 0.6) is 0 Å². The van der Waals surface area contributed by atoms with Crippen LogP contribution in [0.1, 0.15) is 52.4 Å². The van der Waals surface area contributed by atoms with E-state index < -0.39 is 5.54 Å². The van der Waals surface area contributed by atoms with E-state index in [0.29, 0.717) is 24.9 Å². The zero-order valence-electron chi connectivity index (χ0n) is 19.0. The minimum Gasteiger partial charge on any atom is -0.368 e. The van der Waals surface area contributed by atoms with Crippen molar-refractivity contribution in [3.63, 3.8) is 0 Å². The lowest BCUT2D eigenvalue weighted by Crippen LogP contribution is -2.64. The van der Waals surface area contributed by atoms with Gasteiger partial charge in [0.25, 0.3) is 0 Å². The van der Waals surface area contributed by atoms with E-state index in [9.17, 15) is 9.59 Å². The van der Waals surface area contributed by atoms with Crippen molar-refractivity contribution < 1.29 is 9.59 Å². The summed E-state index contributed by atoms with van der Waals surface area (Å²) < 4.78 is 0.124. The molecule has 0 radical (unpaired) electrons. The lowest BCUT2D eigenvalue weighted by Gasteiger charge is -2.59. The van der Waals surface area contributed by atoms with Crippen molar-refractivity contribution in [3.8, 4) is 0 Å². The first kappa shape index (κ1) is 22.5. The Kier molecular flexibility index (Phi) is 5.56. The molecule has 7 heteroatoms. The third-order valence-electron chi connectivity index (χ3n) is 8.17. The Morgan fingerprint density at radius 1 is 1.09 bits per heavy atom. The molecule has 1 saturated heterocycles. The summed E-state index contributed by atoms with van der Waals surface area (Å²) in [6, 6.07) is 7.84. The van der Waals surface area contributed by atoms with Crippen LogP contribution in [0.2, 0.25) is 5.02 Å². The first-order valence-corrected chi connectivity index (χ1v) is 13.1. The van der Waals surface area contributed by atoms with Gasteiger partial charge in [-0.15, -0.1) is 0 Å². The highest BCUT2D eigenvalue weighted by atomic mass is 79.9. The number of nitrogens with one attached hydrogen (secondary N) is 1. The summed E-state index contributed by atoms with van der Waals surface area (Å²) >= 11 is 10.1. The predicted molar refractivity (Wildman–Crippen MR) is 131 cm³/mol. The van der Waals surface area contributed by atoms with Crippen LogP contribution in [0.3, 0.4) is 0 Å². The Hall–Kier alpha value is -1.27. The molecule has 0 spiro atoms. The summed E-state index contributed by atoms with van der Waals surface area (Å²) in [6.45, 7) is 6.53. The summed E-state index contributed by atoms with van der Waals surface area (Å²) in [5.41, 5.74) is -0.128. The van der Waals surface area contributed by atoms with Crippen LogP contribution >= 0.6 is 27.5 Å². The Labute approximate surface area is 204 Å². The first-order chi connectivity index (χ1) is 15.1. The summed E-state index contributed by atoms with van der Waals surface area (Å²) in [7, 11) is 0. The van der Waals surface area contributed by atoms with E-state index in [4.69, 9.17) is 11.6 Å². The average Bonchev–Trinajstić information content (AvgIpc) is 2.71. The van der Waals surface area contributed by atoms with E-state index in [2.05, 4.69) is 32.2 Å². The number of hydrogen-bond donors (Lipinski definition) is 1. The molecule has 6 rings (SSSR count). The van der Waals surface area contributed by atoms with Crippen molar-refractivity contribution in [1.82, 2.24) is 10.2 Å². The fraction of sp³-hybridized carbons (Fsp3) is 0.680. The summed E-state index contributed by atoms with van der Waals surface area (Å²) in [5, 5.41) is 3.92. The SMILES string of the molecule is CC(C)(NC(=O)C12CC3CC(CC(Br)(C3)C1)C2)C(=O)N1CCN(c2cccc(Cl)c2)CC1. The third-order valence-corrected chi connectivity index (χ3v) is 9.34. The van der Waals surface area contributed by atoms with E-state index in [0.717, 1.165) is 43.1 Å². The summed E-state index contributed by atoms with van der Waals surface area (Å²) in [4.78, 5) is 31.1. The van der Waals surface area contributed by atoms with E-state index in [1.807, 2.05) is 36.9 Å². The number of piperazine rings is 1. The van der Waals surface area contributed by atoms with Crippen LogP contribution < -0.4 is 10.2 Å². The zero-order chi connectivity index (χ0) is 22.7. The van der Waals surface area contributed by atoms with E-state index in [-0.39, 0.29) is 21.6 Å². The van der Waals surface area contributed by atoms with Crippen LogP contribution in [0.15, 0.2) is 24.3 Å². The molecule has 32 heavy (non-hydrogen) atoms. The number of benzene rings is 1. The molecule has 5 nitrogen and oxygen atoms in total. The zero-order valence-corrected chi connectivity index (χ0v) is 21.3. The van der Waals surface area contributed by atoms with Gasteiger partial charge < -0.3 is 15.1 Å². The minimum absolute atomic E-state index is 0.00915. The average molecular weight is 523 g/mol. The van der Waals surface area contributed by atoms with Gasteiger partial charge in [-0.25, -0.2) is 0 Å². The monoisotopic (exact) mass is 521 g/mol. The van der Waals surface area contributed by atoms with E-state index >= 15 is 0 Å². The standard InChI is InChI=1S/C25H33BrClN3O2/c1-23(2,22(32)30-8-6-29(7-9-30)20-5-3-4-19(27)11-20)28-21(31)24-12-17-10-18(13-24)15-25(26,14-17)16-24/h3-5,11,17-18H,6-10,12-16H2,1-2H3,(H,28,31). The van der Waals surface area contributed by atoms with Crippen molar-refractivity contribution in [2.24, 2.45) is 17.3 Å². The molecule has 174 valence electrons. The molecule has 1 aromatic carbocycles. The van der Waals surface area contributed by atoms with Gasteiger partial charge >= 0.3 is 0 Å². The molecule has 1 heterocycles. The fourth-order valence-corrected chi connectivity index (χ4v) is 8.76. The third kappa shape index (κ3) is 4.06. The molecule has 1 N–H and O–H groups in total. The second-order valence-corrected chi connectivity index (χ2v) is 13.3. The van der Waals surface area contributed by atoms with Crippen LogP contribution in [0.25, 0.3) is 0 Å². The maximum absolute atomic E-state index is 13.6. The van der Waals surface area contributed by atoms with Crippen molar-refractivity contribution >= 4 is 45.0 Å². The molecule has 4 saturated carbocycles. The van der Waals surface area contributed by atoms with Crippen molar-refractivity contribution in [1.29, 1.82) is 0 Å². The van der Waals surface area contributed by atoms with E-state index in [1.165, 1.54) is 19.3 Å². The molecule has 2 unspecified atom stereocenters. The van der Waals surface area contributed by atoms with Crippen molar-refractivity contribution in [2.75, 3.05) is 31.1 Å². The highest BCUT2D eigenvalue weighted by Crippen LogP contribution is 2.64. The molecule has 2 atom stereocenters. The smallest absolute Gasteiger partial charge is 0.247 e. The van der Waals surface area contributed by atoms with Crippen molar-refractivity contribution in [2.45, 2.75) is 62.2 Å². The molecule has 1 aliphatic heterocycles. The van der Waals surface area contributed by atoms with Gasteiger partial charge in [0.1, 0.15) is 5.54 Å². The van der Waals surface area contributed by atoms with Gasteiger partial charge in [0, 0.05) is 41.2 Å². The lowest BCUT2D eigenvalue weighted by molar-refractivity contribution is -0.150. The summed E-state index contributed by atoms with van der Waals surface area (Å²) in [5.74, 6) is 1.38. The fourth-order valence-electron chi connectivity index (χ4n) is 7.12.